The predicted octanol–water partition coefficient (Wildman–Crippen LogP) is 1.61. The van der Waals surface area contributed by atoms with Gasteiger partial charge >= 0.3 is 0 Å². The summed E-state index contributed by atoms with van der Waals surface area (Å²) in [5.74, 6) is 0.167. The molecule has 0 aromatic carbocycles. The van der Waals surface area contributed by atoms with Crippen molar-refractivity contribution in [1.29, 1.82) is 0 Å². The summed E-state index contributed by atoms with van der Waals surface area (Å²) >= 11 is 1.09. The van der Waals surface area contributed by atoms with E-state index in [1.807, 2.05) is 23.9 Å². The molecule has 0 aliphatic heterocycles. The first-order valence-electron chi connectivity index (χ1n) is 6.74. The maximum absolute atomic E-state index is 12.2. The van der Waals surface area contributed by atoms with Gasteiger partial charge in [0.15, 0.2) is 15.7 Å². The van der Waals surface area contributed by atoms with E-state index in [1.165, 1.54) is 0 Å². The highest BCUT2D eigenvalue weighted by molar-refractivity contribution is 7.91. The Kier molecular flexibility index (Phi) is 5.18. The van der Waals surface area contributed by atoms with Crippen LogP contribution in [0.15, 0.2) is 23.4 Å². The number of hydrogen-bond donors (Lipinski definition) is 2. The van der Waals surface area contributed by atoms with Gasteiger partial charge in [0, 0.05) is 25.5 Å². The molecule has 0 bridgehead atoms. The number of sulfone groups is 1. The third-order valence-electron chi connectivity index (χ3n) is 2.87. The highest BCUT2D eigenvalue weighted by Gasteiger charge is 2.24. The van der Waals surface area contributed by atoms with Gasteiger partial charge in [-0.15, -0.1) is 0 Å². The molecule has 21 heavy (non-hydrogen) atoms. The van der Waals surface area contributed by atoms with E-state index in [4.69, 9.17) is 5.73 Å². The molecule has 116 valence electrons. The molecule has 0 atom stereocenters. The molecule has 9 heteroatoms. The number of anilines is 2. The predicted molar refractivity (Wildman–Crippen MR) is 84.2 cm³/mol. The van der Waals surface area contributed by atoms with Crippen LogP contribution in [0, 0.1) is 0 Å². The fourth-order valence-electron chi connectivity index (χ4n) is 1.95. The molecule has 0 saturated heterocycles. The van der Waals surface area contributed by atoms with Crippen molar-refractivity contribution in [3.8, 4) is 0 Å². The molecule has 0 amide bonds. The van der Waals surface area contributed by atoms with E-state index in [0.717, 1.165) is 24.5 Å². The molecule has 3 N–H and O–H groups in total. The Bertz CT molecular complexity index is 664. The minimum Gasteiger partial charge on any atom is -0.382 e. The number of nitrogens with two attached hydrogens (primary N) is 1. The van der Waals surface area contributed by atoms with Gasteiger partial charge in [0.2, 0.25) is 0 Å². The Labute approximate surface area is 128 Å². The maximum atomic E-state index is 12.2. The second-order valence-electron chi connectivity index (χ2n) is 4.59. The molecule has 2 aromatic heterocycles. The van der Waals surface area contributed by atoms with Gasteiger partial charge in [-0.25, -0.2) is 8.42 Å². The summed E-state index contributed by atoms with van der Waals surface area (Å²) in [5, 5.41) is 7.76. The minimum atomic E-state index is -3.37. The Balaban J connectivity index is 1.98. The summed E-state index contributed by atoms with van der Waals surface area (Å²) in [6.07, 6.45) is 5.00. The SMILES string of the molecule is CCCS(=O)(=O)c1c(N)nsc1NCCCn1cccn1. The van der Waals surface area contributed by atoms with Crippen molar-refractivity contribution in [1.82, 2.24) is 14.2 Å². The van der Waals surface area contributed by atoms with Gasteiger partial charge in [0.05, 0.1) is 5.75 Å². The van der Waals surface area contributed by atoms with Crippen molar-refractivity contribution in [2.24, 2.45) is 0 Å². The van der Waals surface area contributed by atoms with Crippen LogP contribution in [0.4, 0.5) is 10.8 Å². The molecule has 0 spiro atoms. The summed E-state index contributed by atoms with van der Waals surface area (Å²) in [4.78, 5) is 0.147. The van der Waals surface area contributed by atoms with Crippen molar-refractivity contribution in [3.63, 3.8) is 0 Å². The Hall–Kier alpha value is -1.61. The van der Waals surface area contributed by atoms with Crippen LogP contribution in [0.5, 0.6) is 0 Å². The van der Waals surface area contributed by atoms with Crippen LogP contribution in [0.1, 0.15) is 19.8 Å². The summed E-state index contributed by atoms with van der Waals surface area (Å²) in [6.45, 7) is 3.23. The minimum absolute atomic E-state index is 0.0809. The zero-order valence-electron chi connectivity index (χ0n) is 11.8. The van der Waals surface area contributed by atoms with E-state index in [-0.39, 0.29) is 16.5 Å². The molecule has 0 fully saturated rings. The molecule has 0 unspecified atom stereocenters. The fraction of sp³-hybridized carbons (Fsp3) is 0.500. The van der Waals surface area contributed by atoms with E-state index >= 15 is 0 Å². The molecule has 0 aliphatic carbocycles. The molecule has 0 radical (unpaired) electrons. The quantitative estimate of drug-likeness (QED) is 0.713. The fourth-order valence-corrected chi connectivity index (χ4v) is 4.60. The first-order chi connectivity index (χ1) is 10.0. The highest BCUT2D eigenvalue weighted by atomic mass is 32.2. The molecule has 2 rings (SSSR count). The van der Waals surface area contributed by atoms with Gasteiger partial charge in [0.1, 0.15) is 9.90 Å². The first kappa shape index (κ1) is 15.8. The standard InChI is InChI=1S/C12H19N5O2S2/c1-2-9-21(18,19)10-11(13)16-20-12(10)14-5-3-7-17-8-4-6-15-17/h4,6,8,14H,2-3,5,7,9H2,1H3,(H2,13,16). The highest BCUT2D eigenvalue weighted by Crippen LogP contribution is 2.32. The smallest absolute Gasteiger partial charge is 0.185 e. The number of aromatic nitrogens is 3. The van der Waals surface area contributed by atoms with Gasteiger partial charge in [-0.3, -0.25) is 4.68 Å². The lowest BCUT2D eigenvalue weighted by atomic mass is 10.4. The lowest BCUT2D eigenvalue weighted by Crippen LogP contribution is -2.12. The molecule has 0 saturated carbocycles. The second kappa shape index (κ2) is 6.90. The van der Waals surface area contributed by atoms with Crippen molar-refractivity contribution in [2.45, 2.75) is 31.2 Å². The van der Waals surface area contributed by atoms with Gasteiger partial charge in [-0.05, 0) is 30.4 Å². The number of nitrogens with zero attached hydrogens (tertiary/aromatic N) is 3. The van der Waals surface area contributed by atoms with Crippen LogP contribution >= 0.6 is 11.5 Å². The zero-order chi connectivity index (χ0) is 15.3. The number of nitrogen functional groups attached to an aromatic ring is 1. The lowest BCUT2D eigenvalue weighted by Gasteiger charge is -2.07. The first-order valence-corrected chi connectivity index (χ1v) is 9.16. The topological polar surface area (TPSA) is 103 Å². The Morgan fingerprint density at radius 3 is 2.95 bits per heavy atom. The van der Waals surface area contributed by atoms with E-state index in [1.54, 1.807) is 6.20 Å². The number of aryl methyl sites for hydroxylation is 1. The van der Waals surface area contributed by atoms with Gasteiger partial charge in [-0.1, -0.05) is 6.92 Å². The normalized spacial score (nSPS) is 11.7. The third kappa shape index (κ3) is 3.94. The second-order valence-corrected chi connectivity index (χ2v) is 7.41. The Morgan fingerprint density at radius 1 is 1.48 bits per heavy atom. The van der Waals surface area contributed by atoms with Crippen LogP contribution in [0.25, 0.3) is 0 Å². The average molecular weight is 329 g/mol. The van der Waals surface area contributed by atoms with Gasteiger partial charge in [-0.2, -0.15) is 9.47 Å². The van der Waals surface area contributed by atoms with Crippen LogP contribution < -0.4 is 11.1 Å². The van der Waals surface area contributed by atoms with Crippen LogP contribution in [-0.4, -0.2) is 34.9 Å². The van der Waals surface area contributed by atoms with Crippen molar-refractivity contribution in [2.75, 3.05) is 23.3 Å². The molecule has 2 heterocycles. The van der Waals surface area contributed by atoms with Crippen molar-refractivity contribution in [3.05, 3.63) is 18.5 Å². The molecule has 0 aliphatic rings. The largest absolute Gasteiger partial charge is 0.382 e. The van der Waals surface area contributed by atoms with E-state index in [2.05, 4.69) is 14.8 Å². The number of hydrogen-bond acceptors (Lipinski definition) is 7. The summed E-state index contributed by atoms with van der Waals surface area (Å²) in [7, 11) is -3.37. The lowest BCUT2D eigenvalue weighted by molar-refractivity contribution is 0.590. The molecule has 7 nitrogen and oxygen atoms in total. The Morgan fingerprint density at radius 2 is 2.29 bits per heavy atom. The van der Waals surface area contributed by atoms with Crippen LogP contribution in [0.3, 0.4) is 0 Å². The molecular formula is C12H19N5O2S2. The third-order valence-corrected chi connectivity index (χ3v) is 5.80. The summed E-state index contributed by atoms with van der Waals surface area (Å²) in [5.41, 5.74) is 5.71. The van der Waals surface area contributed by atoms with Crippen LogP contribution in [0.2, 0.25) is 0 Å². The van der Waals surface area contributed by atoms with Gasteiger partial charge in [0.25, 0.3) is 0 Å². The van der Waals surface area contributed by atoms with Crippen molar-refractivity contribution >= 4 is 32.2 Å². The van der Waals surface area contributed by atoms with E-state index in [9.17, 15) is 8.42 Å². The molecular weight excluding hydrogens is 310 g/mol. The zero-order valence-corrected chi connectivity index (χ0v) is 13.5. The van der Waals surface area contributed by atoms with Gasteiger partial charge < -0.3 is 11.1 Å². The maximum Gasteiger partial charge on any atom is 0.185 e. The van der Waals surface area contributed by atoms with Crippen LogP contribution in [-0.2, 0) is 16.4 Å². The number of rotatable bonds is 8. The molecule has 2 aromatic rings. The number of nitrogens with one attached hydrogen (secondary N) is 1. The monoisotopic (exact) mass is 329 g/mol. The average Bonchev–Trinajstić information content (AvgIpc) is 3.04. The van der Waals surface area contributed by atoms with Crippen molar-refractivity contribution < 1.29 is 8.42 Å². The van der Waals surface area contributed by atoms with E-state index < -0.39 is 9.84 Å². The summed E-state index contributed by atoms with van der Waals surface area (Å²) < 4.78 is 30.2. The van der Waals surface area contributed by atoms with E-state index in [0.29, 0.717) is 18.0 Å². The summed E-state index contributed by atoms with van der Waals surface area (Å²) in [6, 6.07) is 1.87.